The van der Waals surface area contributed by atoms with Crippen molar-refractivity contribution in [3.63, 3.8) is 0 Å². The molecule has 0 aliphatic rings. The summed E-state index contributed by atoms with van der Waals surface area (Å²) in [7, 11) is 0. The van der Waals surface area contributed by atoms with Gasteiger partial charge in [-0.1, -0.05) is 115 Å². The number of hydrogen-bond acceptors (Lipinski definition) is 1. The number of hydrogen-bond donors (Lipinski definition) is 0. The second kappa shape index (κ2) is 8.97. The Bertz CT molecular complexity index is 2200. The fourth-order valence-electron chi connectivity index (χ4n) is 6.05. The summed E-state index contributed by atoms with van der Waals surface area (Å²) in [5, 5.41) is 7.37. The van der Waals surface area contributed by atoms with Crippen LogP contribution in [0.1, 0.15) is 5.56 Å². The second-order valence-corrected chi connectivity index (χ2v) is 10.7. The van der Waals surface area contributed by atoms with E-state index in [1.54, 1.807) is 0 Å². The molecule has 8 rings (SSSR count). The lowest BCUT2D eigenvalue weighted by Crippen LogP contribution is -1.85. The van der Waals surface area contributed by atoms with Crippen LogP contribution in [-0.4, -0.2) is 0 Å². The highest BCUT2D eigenvalue weighted by atomic mass is 16.3. The summed E-state index contributed by atoms with van der Waals surface area (Å²) in [5.74, 6) is 0. The topological polar surface area (TPSA) is 13.1 Å². The van der Waals surface area contributed by atoms with Crippen molar-refractivity contribution in [2.75, 3.05) is 0 Å². The molecule has 0 atom stereocenters. The van der Waals surface area contributed by atoms with Crippen LogP contribution in [0.3, 0.4) is 0 Å². The lowest BCUT2D eigenvalue weighted by Gasteiger charge is -2.11. The molecule has 0 saturated carbocycles. The molecule has 1 aromatic heterocycles. The van der Waals surface area contributed by atoms with E-state index in [9.17, 15) is 0 Å². The zero-order chi connectivity index (χ0) is 26.6. The Balaban J connectivity index is 1.21. The van der Waals surface area contributed by atoms with Gasteiger partial charge in [-0.25, -0.2) is 0 Å². The molecule has 0 amide bonds. The van der Waals surface area contributed by atoms with E-state index in [-0.39, 0.29) is 0 Å². The smallest absolute Gasteiger partial charge is 0.136 e. The summed E-state index contributed by atoms with van der Waals surface area (Å²) < 4.78 is 6.13. The molecule has 188 valence electrons. The first-order valence-electron chi connectivity index (χ1n) is 13.8. The number of fused-ring (bicyclic) bond motifs is 5. The minimum absolute atomic E-state index is 0.925. The summed E-state index contributed by atoms with van der Waals surface area (Å²) in [6.07, 6.45) is 0. The standard InChI is InChI=1S/C39H26O/c1-25-12-14-26(15-13-25)29-20-21-30-24-36-31(23-32(30)22-29)6-4-8-33(36)27-16-18-28(19-17-27)34-9-5-11-38-39(34)35-7-2-3-10-37(35)40-38/h2-24H,1H3. The van der Waals surface area contributed by atoms with Crippen LogP contribution in [0.15, 0.2) is 144 Å². The molecule has 0 spiro atoms. The van der Waals surface area contributed by atoms with Crippen molar-refractivity contribution in [1.29, 1.82) is 0 Å². The van der Waals surface area contributed by atoms with Gasteiger partial charge >= 0.3 is 0 Å². The molecule has 0 aliphatic heterocycles. The van der Waals surface area contributed by atoms with Gasteiger partial charge in [0.2, 0.25) is 0 Å². The Kier molecular flexibility index (Phi) is 5.11. The van der Waals surface area contributed by atoms with Crippen molar-refractivity contribution >= 4 is 43.5 Å². The molecule has 8 aromatic rings. The molecule has 1 nitrogen and oxygen atoms in total. The molecule has 0 unspecified atom stereocenters. The molecular formula is C39H26O. The lowest BCUT2D eigenvalue weighted by molar-refractivity contribution is 0.669. The fraction of sp³-hybridized carbons (Fsp3) is 0.0256. The van der Waals surface area contributed by atoms with E-state index in [1.165, 1.54) is 65.9 Å². The molecule has 0 saturated heterocycles. The van der Waals surface area contributed by atoms with Gasteiger partial charge in [-0.2, -0.15) is 0 Å². The normalized spacial score (nSPS) is 11.6. The maximum absolute atomic E-state index is 6.13. The van der Waals surface area contributed by atoms with Gasteiger partial charge < -0.3 is 4.42 Å². The maximum atomic E-state index is 6.13. The minimum Gasteiger partial charge on any atom is -0.456 e. The average Bonchev–Trinajstić information content (AvgIpc) is 3.39. The van der Waals surface area contributed by atoms with Crippen LogP contribution in [0.5, 0.6) is 0 Å². The SMILES string of the molecule is Cc1ccc(-c2ccc3cc4c(-c5ccc(-c6cccc7oc8ccccc8c67)cc5)cccc4cc3c2)cc1. The molecule has 0 radical (unpaired) electrons. The van der Waals surface area contributed by atoms with Crippen molar-refractivity contribution in [3.05, 3.63) is 145 Å². The Morgan fingerprint density at radius 1 is 0.400 bits per heavy atom. The van der Waals surface area contributed by atoms with Crippen LogP contribution in [0, 0.1) is 6.92 Å². The third-order valence-electron chi connectivity index (χ3n) is 8.13. The molecule has 0 bridgehead atoms. The van der Waals surface area contributed by atoms with E-state index in [4.69, 9.17) is 4.42 Å². The van der Waals surface area contributed by atoms with Crippen LogP contribution in [0.4, 0.5) is 0 Å². The Morgan fingerprint density at radius 3 is 1.93 bits per heavy atom. The lowest BCUT2D eigenvalue weighted by atomic mass is 9.92. The van der Waals surface area contributed by atoms with Gasteiger partial charge in [-0.15, -0.1) is 0 Å². The zero-order valence-corrected chi connectivity index (χ0v) is 22.2. The summed E-state index contributed by atoms with van der Waals surface area (Å²) in [4.78, 5) is 0. The van der Waals surface area contributed by atoms with E-state index in [1.807, 2.05) is 12.1 Å². The van der Waals surface area contributed by atoms with E-state index >= 15 is 0 Å². The van der Waals surface area contributed by atoms with Crippen molar-refractivity contribution in [2.45, 2.75) is 6.92 Å². The molecule has 1 heteroatoms. The first-order valence-corrected chi connectivity index (χ1v) is 13.8. The van der Waals surface area contributed by atoms with Crippen molar-refractivity contribution in [2.24, 2.45) is 0 Å². The first kappa shape index (κ1) is 22.8. The molecule has 40 heavy (non-hydrogen) atoms. The van der Waals surface area contributed by atoms with Crippen molar-refractivity contribution in [3.8, 4) is 33.4 Å². The number of furan rings is 1. The quantitative estimate of drug-likeness (QED) is 0.215. The van der Waals surface area contributed by atoms with E-state index in [0.717, 1.165) is 16.6 Å². The largest absolute Gasteiger partial charge is 0.456 e. The maximum Gasteiger partial charge on any atom is 0.136 e. The Hall–Kier alpha value is -5.14. The molecule has 0 aliphatic carbocycles. The van der Waals surface area contributed by atoms with Crippen LogP contribution in [-0.2, 0) is 0 Å². The molecule has 1 heterocycles. The summed E-state index contributed by atoms with van der Waals surface area (Å²) in [6, 6.07) is 50.4. The van der Waals surface area contributed by atoms with Gasteiger partial charge in [-0.3, -0.25) is 0 Å². The predicted molar refractivity (Wildman–Crippen MR) is 170 cm³/mol. The van der Waals surface area contributed by atoms with Crippen LogP contribution in [0.25, 0.3) is 76.9 Å². The number of aryl methyl sites for hydroxylation is 1. The Labute approximate surface area is 232 Å². The van der Waals surface area contributed by atoms with E-state index in [0.29, 0.717) is 0 Å². The number of para-hydroxylation sites is 1. The highest BCUT2D eigenvalue weighted by Crippen LogP contribution is 2.38. The number of benzene rings is 7. The van der Waals surface area contributed by atoms with Gasteiger partial charge in [0.15, 0.2) is 0 Å². The molecule has 0 fully saturated rings. The van der Waals surface area contributed by atoms with Crippen molar-refractivity contribution in [1.82, 2.24) is 0 Å². The highest BCUT2D eigenvalue weighted by Gasteiger charge is 2.13. The molecular weight excluding hydrogens is 484 g/mol. The van der Waals surface area contributed by atoms with Gasteiger partial charge in [0, 0.05) is 10.8 Å². The Morgan fingerprint density at radius 2 is 1.07 bits per heavy atom. The highest BCUT2D eigenvalue weighted by molar-refractivity contribution is 6.12. The zero-order valence-electron chi connectivity index (χ0n) is 22.2. The number of rotatable bonds is 3. The monoisotopic (exact) mass is 510 g/mol. The minimum atomic E-state index is 0.925. The van der Waals surface area contributed by atoms with E-state index < -0.39 is 0 Å². The predicted octanol–water partition coefficient (Wildman–Crippen LogP) is 11.2. The average molecular weight is 511 g/mol. The second-order valence-electron chi connectivity index (χ2n) is 10.7. The van der Waals surface area contributed by atoms with Gasteiger partial charge in [0.1, 0.15) is 11.2 Å². The fourth-order valence-corrected chi connectivity index (χ4v) is 6.05. The van der Waals surface area contributed by atoms with Gasteiger partial charge in [-0.05, 0) is 92.2 Å². The van der Waals surface area contributed by atoms with E-state index in [2.05, 4.69) is 134 Å². The summed E-state index contributed by atoms with van der Waals surface area (Å²) in [5.41, 5.74) is 10.5. The van der Waals surface area contributed by atoms with Crippen LogP contribution in [0.2, 0.25) is 0 Å². The van der Waals surface area contributed by atoms with Crippen molar-refractivity contribution < 1.29 is 4.42 Å². The van der Waals surface area contributed by atoms with Crippen LogP contribution >= 0.6 is 0 Å². The third kappa shape index (κ3) is 3.71. The summed E-state index contributed by atoms with van der Waals surface area (Å²) >= 11 is 0. The third-order valence-corrected chi connectivity index (χ3v) is 8.13. The molecule has 7 aromatic carbocycles. The van der Waals surface area contributed by atoms with Gasteiger partial charge in [0.25, 0.3) is 0 Å². The van der Waals surface area contributed by atoms with Crippen LogP contribution < -0.4 is 0 Å². The van der Waals surface area contributed by atoms with Gasteiger partial charge in [0.05, 0.1) is 0 Å². The first-order chi connectivity index (χ1) is 19.7. The molecule has 0 N–H and O–H groups in total. The summed E-state index contributed by atoms with van der Waals surface area (Å²) in [6.45, 7) is 2.13.